The van der Waals surface area contributed by atoms with E-state index in [1.807, 2.05) is 13.8 Å². The number of anilines is 1. The molecule has 3 heterocycles. The molecule has 3 aromatic rings. The van der Waals surface area contributed by atoms with Gasteiger partial charge >= 0.3 is 12.2 Å². The maximum absolute atomic E-state index is 12.6. The summed E-state index contributed by atoms with van der Waals surface area (Å²) in [4.78, 5) is 36.4. The van der Waals surface area contributed by atoms with Crippen LogP contribution in [0.4, 0.5) is 15.4 Å². The van der Waals surface area contributed by atoms with Crippen LogP contribution in [0, 0.1) is 0 Å². The number of pyridine rings is 1. The Morgan fingerprint density at radius 2 is 1.93 bits per heavy atom. The highest BCUT2D eigenvalue weighted by Crippen LogP contribution is 2.24. The Balaban J connectivity index is 1.82. The third kappa shape index (κ3) is 5.28. The molecule has 0 unspecified atom stereocenters. The molecule has 0 bridgehead atoms. The topological polar surface area (TPSA) is 123 Å². The van der Waals surface area contributed by atoms with Crippen molar-refractivity contribution in [3.63, 3.8) is 0 Å². The minimum atomic E-state index is -0.757. The van der Waals surface area contributed by atoms with Crippen LogP contribution in [-0.4, -0.2) is 40.4 Å². The number of aromatic amines is 1. The van der Waals surface area contributed by atoms with E-state index in [9.17, 15) is 9.59 Å². The zero-order chi connectivity index (χ0) is 21.3. The van der Waals surface area contributed by atoms with Crippen LogP contribution in [0.5, 0.6) is 0 Å². The van der Waals surface area contributed by atoms with Crippen molar-refractivity contribution < 1.29 is 23.5 Å². The molecule has 0 aromatic carbocycles. The van der Waals surface area contributed by atoms with Crippen LogP contribution in [0.25, 0.3) is 22.6 Å². The van der Waals surface area contributed by atoms with Crippen molar-refractivity contribution in [3.05, 3.63) is 30.7 Å². The lowest BCUT2D eigenvalue weighted by Gasteiger charge is -2.21. The summed E-state index contributed by atoms with van der Waals surface area (Å²) in [5, 5.41) is 0.946. The van der Waals surface area contributed by atoms with Gasteiger partial charge in [0.05, 0.1) is 30.4 Å². The lowest BCUT2D eigenvalue weighted by atomic mass is 10.3. The molecular formula is C20H25N5O5. The molecule has 30 heavy (non-hydrogen) atoms. The maximum Gasteiger partial charge on any atom is 0.435 e. The molecule has 2 N–H and O–H groups in total. The number of rotatable bonds is 8. The maximum atomic E-state index is 12.6. The molecule has 0 saturated heterocycles. The van der Waals surface area contributed by atoms with Crippen molar-refractivity contribution in [2.45, 2.75) is 39.5 Å². The van der Waals surface area contributed by atoms with Crippen molar-refractivity contribution in [2.75, 3.05) is 18.2 Å². The first kappa shape index (κ1) is 21.2. The molecular weight excluding hydrogens is 390 g/mol. The standard InChI is InChI=1S/C20H25N5O5/c1-3-5-10-29-19(26)24-25(20(27)30-11-6-4-2)17-8-7-14-15(23-17)13-16(22-14)18-21-9-12-28-18/h7-9,12-13,22H,3-6,10-11H2,1-2H3,(H,24,26). The zero-order valence-corrected chi connectivity index (χ0v) is 17.0. The summed E-state index contributed by atoms with van der Waals surface area (Å²) in [7, 11) is 0. The zero-order valence-electron chi connectivity index (χ0n) is 17.0. The largest absolute Gasteiger partial charge is 0.448 e. The molecule has 10 heteroatoms. The smallest absolute Gasteiger partial charge is 0.435 e. The third-order valence-corrected chi connectivity index (χ3v) is 4.19. The molecule has 0 atom stereocenters. The molecule has 0 fully saturated rings. The molecule has 3 rings (SSSR count). The van der Waals surface area contributed by atoms with E-state index in [0.29, 0.717) is 23.5 Å². The van der Waals surface area contributed by atoms with Gasteiger partial charge in [0.15, 0.2) is 5.82 Å². The number of amides is 2. The number of hydrazine groups is 1. The first-order valence-electron chi connectivity index (χ1n) is 9.92. The number of hydrogen-bond donors (Lipinski definition) is 2. The number of unbranched alkanes of at least 4 members (excludes halogenated alkanes) is 2. The van der Waals surface area contributed by atoms with Crippen LogP contribution in [-0.2, 0) is 9.47 Å². The Kier molecular flexibility index (Phi) is 7.25. The van der Waals surface area contributed by atoms with Gasteiger partial charge in [0.25, 0.3) is 0 Å². The van der Waals surface area contributed by atoms with Crippen molar-refractivity contribution in [2.24, 2.45) is 0 Å². The van der Waals surface area contributed by atoms with E-state index in [1.165, 1.54) is 6.26 Å². The fourth-order valence-electron chi connectivity index (χ4n) is 2.59. The lowest BCUT2D eigenvalue weighted by molar-refractivity contribution is 0.131. The third-order valence-electron chi connectivity index (χ3n) is 4.19. The molecule has 0 spiro atoms. The fourth-order valence-corrected chi connectivity index (χ4v) is 2.59. The summed E-state index contributed by atoms with van der Waals surface area (Å²) in [5.41, 5.74) is 4.34. The SMILES string of the molecule is CCCCOC(=O)NN(C(=O)OCCCC)c1ccc2[nH]c(-c3ncco3)cc2n1. The van der Waals surface area contributed by atoms with Gasteiger partial charge in [0, 0.05) is 0 Å². The molecule has 0 aliphatic heterocycles. The second-order valence-corrected chi connectivity index (χ2v) is 6.53. The Morgan fingerprint density at radius 3 is 2.63 bits per heavy atom. The van der Waals surface area contributed by atoms with Gasteiger partial charge in [-0.15, -0.1) is 0 Å². The molecule has 10 nitrogen and oxygen atoms in total. The fraction of sp³-hybridized carbons (Fsp3) is 0.400. The van der Waals surface area contributed by atoms with E-state index in [0.717, 1.165) is 29.8 Å². The lowest BCUT2D eigenvalue weighted by Crippen LogP contribution is -2.47. The van der Waals surface area contributed by atoms with Crippen molar-refractivity contribution in [1.29, 1.82) is 0 Å². The molecule has 0 saturated carbocycles. The highest BCUT2D eigenvalue weighted by Gasteiger charge is 2.23. The van der Waals surface area contributed by atoms with Crippen LogP contribution < -0.4 is 10.4 Å². The van der Waals surface area contributed by atoms with Gasteiger partial charge in [-0.2, -0.15) is 5.01 Å². The molecule has 0 aliphatic rings. The van der Waals surface area contributed by atoms with Crippen molar-refractivity contribution in [1.82, 2.24) is 20.4 Å². The normalized spacial score (nSPS) is 10.7. The minimum Gasteiger partial charge on any atom is -0.448 e. The summed E-state index contributed by atoms with van der Waals surface area (Å²) >= 11 is 0. The van der Waals surface area contributed by atoms with Crippen LogP contribution in [0.1, 0.15) is 39.5 Å². The highest BCUT2D eigenvalue weighted by atomic mass is 16.6. The monoisotopic (exact) mass is 415 g/mol. The molecule has 0 aliphatic carbocycles. The Bertz CT molecular complexity index is 969. The molecule has 0 radical (unpaired) electrons. The number of H-pyrrole nitrogens is 1. The predicted molar refractivity (Wildman–Crippen MR) is 110 cm³/mol. The minimum absolute atomic E-state index is 0.189. The van der Waals surface area contributed by atoms with Gasteiger partial charge in [-0.05, 0) is 31.0 Å². The van der Waals surface area contributed by atoms with Gasteiger partial charge in [-0.1, -0.05) is 26.7 Å². The van der Waals surface area contributed by atoms with Crippen LogP contribution in [0.15, 0.2) is 35.1 Å². The first-order valence-corrected chi connectivity index (χ1v) is 9.92. The summed E-state index contributed by atoms with van der Waals surface area (Å²) in [6.07, 6.45) is 4.71. The van der Waals surface area contributed by atoms with E-state index in [1.54, 1.807) is 24.4 Å². The van der Waals surface area contributed by atoms with Crippen LogP contribution in [0.3, 0.4) is 0 Å². The number of carbonyl (C=O) groups excluding carboxylic acids is 2. The second kappa shape index (κ2) is 10.3. The van der Waals surface area contributed by atoms with Gasteiger partial charge in [-0.3, -0.25) is 0 Å². The summed E-state index contributed by atoms with van der Waals surface area (Å²) in [6, 6.07) is 5.07. The summed E-state index contributed by atoms with van der Waals surface area (Å²) < 4.78 is 15.6. The van der Waals surface area contributed by atoms with Crippen molar-refractivity contribution >= 4 is 29.0 Å². The van der Waals surface area contributed by atoms with E-state index >= 15 is 0 Å². The highest BCUT2D eigenvalue weighted by molar-refractivity contribution is 5.91. The quantitative estimate of drug-likeness (QED) is 0.413. The van der Waals surface area contributed by atoms with E-state index in [2.05, 4.69) is 20.4 Å². The number of nitrogens with zero attached hydrogens (tertiary/aromatic N) is 3. The van der Waals surface area contributed by atoms with Gasteiger partial charge < -0.3 is 18.9 Å². The number of aromatic nitrogens is 3. The number of nitrogens with one attached hydrogen (secondary N) is 2. The van der Waals surface area contributed by atoms with Crippen LogP contribution in [0.2, 0.25) is 0 Å². The number of ether oxygens (including phenoxy) is 2. The summed E-state index contributed by atoms with van der Waals surface area (Å²) in [6.45, 7) is 4.47. The molecule has 3 aromatic heterocycles. The van der Waals surface area contributed by atoms with Gasteiger partial charge in [-0.25, -0.2) is 25.0 Å². The molecule has 160 valence electrons. The Labute approximate surface area is 173 Å². The first-order chi connectivity index (χ1) is 14.6. The van der Waals surface area contributed by atoms with Crippen molar-refractivity contribution in [3.8, 4) is 11.6 Å². The van der Waals surface area contributed by atoms with E-state index in [4.69, 9.17) is 13.9 Å². The number of oxazole rings is 1. The Morgan fingerprint density at radius 1 is 1.17 bits per heavy atom. The average Bonchev–Trinajstić information content (AvgIpc) is 3.41. The van der Waals surface area contributed by atoms with Gasteiger partial charge in [0.2, 0.25) is 5.89 Å². The van der Waals surface area contributed by atoms with Crippen LogP contribution >= 0.6 is 0 Å². The number of hydrogen-bond acceptors (Lipinski definition) is 7. The number of fused-ring (bicyclic) bond motifs is 1. The van der Waals surface area contributed by atoms with E-state index in [-0.39, 0.29) is 19.0 Å². The van der Waals surface area contributed by atoms with E-state index < -0.39 is 12.2 Å². The second-order valence-electron chi connectivity index (χ2n) is 6.53. The molecule has 2 amide bonds. The van der Waals surface area contributed by atoms with Gasteiger partial charge in [0.1, 0.15) is 12.0 Å². The summed E-state index contributed by atoms with van der Waals surface area (Å²) in [5.74, 6) is 0.609. The predicted octanol–water partition coefficient (Wildman–Crippen LogP) is 4.40. The average molecular weight is 415 g/mol. The Hall–Kier alpha value is -3.56. The number of carbonyl (C=O) groups is 2.